The number of nitrogens with one attached hydrogen (secondary N) is 3. The standard InChI is InChI=1S/C21H41N5O2/c1-8-9-18(25-20(27)28-21(4,5)6)14-23-19(22-7)24-17-10-12-26(13-11-17)15-16(2)3/h17-18H,2,8-15H2,1,3-7H3,(H,25,27)(H2,22,23,24). The lowest BCUT2D eigenvalue weighted by atomic mass is 10.0. The van der Waals surface area contributed by atoms with Crippen LogP contribution >= 0.6 is 0 Å². The van der Waals surface area contributed by atoms with Crippen LogP contribution in [0.5, 0.6) is 0 Å². The van der Waals surface area contributed by atoms with Gasteiger partial charge in [0.1, 0.15) is 5.60 Å². The zero-order valence-corrected chi connectivity index (χ0v) is 18.7. The van der Waals surface area contributed by atoms with Gasteiger partial charge in [-0.3, -0.25) is 9.89 Å². The first-order valence-electron chi connectivity index (χ1n) is 10.5. The quantitative estimate of drug-likeness (QED) is 0.335. The van der Waals surface area contributed by atoms with E-state index in [9.17, 15) is 4.79 Å². The van der Waals surface area contributed by atoms with Gasteiger partial charge in [0, 0.05) is 45.3 Å². The van der Waals surface area contributed by atoms with Crippen LogP contribution < -0.4 is 16.0 Å². The van der Waals surface area contributed by atoms with Crippen LogP contribution in [0.4, 0.5) is 4.79 Å². The second kappa shape index (κ2) is 11.9. The minimum Gasteiger partial charge on any atom is -0.444 e. The predicted octanol–water partition coefficient (Wildman–Crippen LogP) is 2.89. The van der Waals surface area contributed by atoms with Crippen molar-refractivity contribution in [2.24, 2.45) is 4.99 Å². The molecule has 3 N–H and O–H groups in total. The fourth-order valence-electron chi connectivity index (χ4n) is 3.27. The molecule has 0 bridgehead atoms. The molecule has 1 unspecified atom stereocenters. The van der Waals surface area contributed by atoms with Crippen LogP contribution in [0.15, 0.2) is 17.1 Å². The van der Waals surface area contributed by atoms with Crippen LogP contribution in [-0.4, -0.2) is 67.9 Å². The number of guanidine groups is 1. The number of ether oxygens (including phenoxy) is 1. The number of carbonyl (C=O) groups excluding carboxylic acids is 1. The Hall–Kier alpha value is -1.76. The molecule has 1 heterocycles. The molecule has 162 valence electrons. The molecule has 1 rings (SSSR count). The van der Waals surface area contributed by atoms with Crippen LogP contribution in [-0.2, 0) is 4.74 Å². The SMILES string of the molecule is C=C(C)CN1CCC(NC(=NC)NCC(CCC)NC(=O)OC(C)(C)C)CC1. The number of likely N-dealkylation sites (tertiary alicyclic amines) is 1. The van der Waals surface area contributed by atoms with Crippen molar-refractivity contribution in [2.75, 3.05) is 33.2 Å². The zero-order valence-electron chi connectivity index (χ0n) is 18.7. The molecule has 0 aromatic heterocycles. The Bertz CT molecular complexity index is 519. The van der Waals surface area contributed by atoms with Crippen molar-refractivity contribution in [3.05, 3.63) is 12.2 Å². The summed E-state index contributed by atoms with van der Waals surface area (Å²) in [6.45, 7) is 17.5. The molecule has 28 heavy (non-hydrogen) atoms. The lowest BCUT2D eigenvalue weighted by Gasteiger charge is -2.33. The van der Waals surface area contributed by atoms with Gasteiger partial charge in [-0.25, -0.2) is 4.79 Å². The van der Waals surface area contributed by atoms with Gasteiger partial charge in [0.2, 0.25) is 0 Å². The molecule has 7 heteroatoms. The highest BCUT2D eigenvalue weighted by atomic mass is 16.6. The molecule has 0 aromatic carbocycles. The van der Waals surface area contributed by atoms with Gasteiger partial charge < -0.3 is 20.7 Å². The Morgan fingerprint density at radius 3 is 2.46 bits per heavy atom. The summed E-state index contributed by atoms with van der Waals surface area (Å²) in [5, 5.41) is 9.83. The molecule has 1 atom stereocenters. The second-order valence-electron chi connectivity index (χ2n) is 8.74. The summed E-state index contributed by atoms with van der Waals surface area (Å²) < 4.78 is 5.37. The van der Waals surface area contributed by atoms with Gasteiger partial charge in [0.25, 0.3) is 0 Å². The van der Waals surface area contributed by atoms with Gasteiger partial charge in [-0.05, 0) is 47.0 Å². The Morgan fingerprint density at radius 2 is 1.96 bits per heavy atom. The Morgan fingerprint density at radius 1 is 1.32 bits per heavy atom. The lowest BCUT2D eigenvalue weighted by Crippen LogP contribution is -2.52. The van der Waals surface area contributed by atoms with E-state index in [1.54, 1.807) is 7.05 Å². The summed E-state index contributed by atoms with van der Waals surface area (Å²) in [6.07, 6.45) is 3.66. The molecule has 0 spiro atoms. The number of nitrogens with zero attached hydrogens (tertiary/aromatic N) is 2. The van der Waals surface area contributed by atoms with E-state index < -0.39 is 5.60 Å². The summed E-state index contributed by atoms with van der Waals surface area (Å²) in [7, 11) is 1.78. The number of hydrogen-bond donors (Lipinski definition) is 3. The van der Waals surface area contributed by atoms with Crippen molar-refractivity contribution in [1.29, 1.82) is 0 Å². The van der Waals surface area contributed by atoms with E-state index in [1.165, 1.54) is 5.57 Å². The van der Waals surface area contributed by atoms with E-state index in [0.29, 0.717) is 12.6 Å². The largest absolute Gasteiger partial charge is 0.444 e. The molecule has 0 saturated carbocycles. The summed E-state index contributed by atoms with van der Waals surface area (Å²) >= 11 is 0. The third-order valence-corrected chi connectivity index (χ3v) is 4.52. The number of alkyl carbamates (subject to hydrolysis) is 1. The Kier molecular flexibility index (Phi) is 10.4. The van der Waals surface area contributed by atoms with E-state index in [-0.39, 0.29) is 12.1 Å². The number of rotatable bonds is 8. The van der Waals surface area contributed by atoms with Gasteiger partial charge >= 0.3 is 6.09 Å². The molecule has 0 aromatic rings. The number of piperidine rings is 1. The predicted molar refractivity (Wildman–Crippen MR) is 117 cm³/mol. The van der Waals surface area contributed by atoms with Gasteiger partial charge in [0.05, 0.1) is 0 Å². The van der Waals surface area contributed by atoms with E-state index in [0.717, 1.165) is 51.3 Å². The maximum atomic E-state index is 12.1. The minimum atomic E-state index is -0.495. The fourth-order valence-corrected chi connectivity index (χ4v) is 3.27. The van der Waals surface area contributed by atoms with Crippen molar-refractivity contribution in [1.82, 2.24) is 20.9 Å². The van der Waals surface area contributed by atoms with Crippen molar-refractivity contribution in [2.45, 2.75) is 78.0 Å². The van der Waals surface area contributed by atoms with Crippen LogP contribution in [0.3, 0.4) is 0 Å². The van der Waals surface area contributed by atoms with Crippen molar-refractivity contribution in [3.63, 3.8) is 0 Å². The van der Waals surface area contributed by atoms with E-state index in [1.807, 2.05) is 20.8 Å². The van der Waals surface area contributed by atoms with Crippen molar-refractivity contribution < 1.29 is 9.53 Å². The molecule has 1 fully saturated rings. The number of hydrogen-bond acceptors (Lipinski definition) is 4. The molecule has 1 aliphatic heterocycles. The Balaban J connectivity index is 2.44. The van der Waals surface area contributed by atoms with Gasteiger partial charge in [-0.1, -0.05) is 25.5 Å². The molecule has 1 aliphatic rings. The van der Waals surface area contributed by atoms with E-state index in [2.05, 4.69) is 46.3 Å². The Labute approximate surface area is 171 Å². The second-order valence-corrected chi connectivity index (χ2v) is 8.74. The molecule has 1 amide bonds. The summed E-state index contributed by atoms with van der Waals surface area (Å²) in [5.41, 5.74) is 0.716. The third-order valence-electron chi connectivity index (χ3n) is 4.52. The van der Waals surface area contributed by atoms with Crippen molar-refractivity contribution in [3.8, 4) is 0 Å². The topological polar surface area (TPSA) is 78.0 Å². The lowest BCUT2D eigenvalue weighted by molar-refractivity contribution is 0.0502. The van der Waals surface area contributed by atoms with E-state index >= 15 is 0 Å². The van der Waals surface area contributed by atoms with Gasteiger partial charge in [-0.2, -0.15) is 0 Å². The monoisotopic (exact) mass is 395 g/mol. The first-order chi connectivity index (χ1) is 13.1. The number of carbonyl (C=O) groups is 1. The van der Waals surface area contributed by atoms with Crippen LogP contribution in [0.2, 0.25) is 0 Å². The normalized spacial score (nSPS) is 17.7. The summed E-state index contributed by atoms with van der Waals surface area (Å²) in [5.74, 6) is 0.783. The molecule has 1 saturated heterocycles. The molecule has 7 nitrogen and oxygen atoms in total. The molecular formula is C21H41N5O2. The average molecular weight is 396 g/mol. The van der Waals surface area contributed by atoms with Crippen molar-refractivity contribution >= 4 is 12.1 Å². The molecule has 0 radical (unpaired) electrons. The minimum absolute atomic E-state index is 0.00388. The molecular weight excluding hydrogens is 354 g/mol. The first-order valence-corrected chi connectivity index (χ1v) is 10.5. The number of aliphatic imine (C=N–C) groups is 1. The smallest absolute Gasteiger partial charge is 0.407 e. The van der Waals surface area contributed by atoms with Gasteiger partial charge in [0.15, 0.2) is 5.96 Å². The van der Waals surface area contributed by atoms with E-state index in [4.69, 9.17) is 4.74 Å². The van der Waals surface area contributed by atoms with Crippen LogP contribution in [0.25, 0.3) is 0 Å². The zero-order chi connectivity index (χ0) is 21.2. The molecule has 0 aliphatic carbocycles. The van der Waals surface area contributed by atoms with Crippen LogP contribution in [0, 0.1) is 0 Å². The third kappa shape index (κ3) is 10.5. The van der Waals surface area contributed by atoms with Crippen LogP contribution in [0.1, 0.15) is 60.3 Å². The maximum absolute atomic E-state index is 12.1. The highest BCUT2D eigenvalue weighted by Gasteiger charge is 2.21. The highest BCUT2D eigenvalue weighted by molar-refractivity contribution is 5.80. The summed E-state index contributed by atoms with van der Waals surface area (Å²) in [4.78, 5) is 18.9. The number of amides is 1. The van der Waals surface area contributed by atoms with Gasteiger partial charge in [-0.15, -0.1) is 0 Å². The fraction of sp³-hybridized carbons (Fsp3) is 0.810. The average Bonchev–Trinajstić information content (AvgIpc) is 2.58. The highest BCUT2D eigenvalue weighted by Crippen LogP contribution is 2.11. The maximum Gasteiger partial charge on any atom is 0.407 e. The summed E-state index contributed by atoms with van der Waals surface area (Å²) in [6, 6.07) is 0.409. The first kappa shape index (κ1) is 24.3.